The number of phenols is 1. The van der Waals surface area contributed by atoms with E-state index in [9.17, 15) is 9.90 Å². The van der Waals surface area contributed by atoms with Crippen LogP contribution in [0.1, 0.15) is 22.3 Å². The van der Waals surface area contributed by atoms with Crippen LogP contribution in [0.5, 0.6) is 5.75 Å². The van der Waals surface area contributed by atoms with Crippen molar-refractivity contribution in [1.82, 2.24) is 0 Å². The first kappa shape index (κ1) is 14.6. The van der Waals surface area contributed by atoms with E-state index in [2.05, 4.69) is 17.2 Å². The van der Waals surface area contributed by atoms with Gasteiger partial charge in [-0.25, -0.2) is 0 Å². The maximum absolute atomic E-state index is 12.0. The second-order valence-corrected chi connectivity index (χ2v) is 4.36. The number of anilines is 1. The van der Waals surface area contributed by atoms with Crippen LogP contribution in [-0.2, 0) is 0 Å². The molecule has 106 valence electrons. The van der Waals surface area contributed by atoms with E-state index in [1.165, 1.54) is 12.1 Å². The van der Waals surface area contributed by atoms with Gasteiger partial charge in [0.1, 0.15) is 5.75 Å². The molecule has 0 spiro atoms. The van der Waals surface area contributed by atoms with Crippen LogP contribution in [0.2, 0.25) is 0 Å². The van der Waals surface area contributed by atoms with Crippen LogP contribution in [0.25, 0.3) is 0 Å². The Morgan fingerprint density at radius 2 is 1.90 bits per heavy atom. The molecule has 3 N–H and O–H groups in total. The average Bonchev–Trinajstić information content (AvgIpc) is 2.49. The van der Waals surface area contributed by atoms with Crippen molar-refractivity contribution < 1.29 is 15.0 Å². The largest absolute Gasteiger partial charge is 0.508 e. The molecule has 0 aliphatic rings. The van der Waals surface area contributed by atoms with Crippen molar-refractivity contribution in [1.29, 1.82) is 0 Å². The average molecular weight is 281 g/mol. The highest BCUT2D eigenvalue weighted by Gasteiger charge is 2.06. The number of carbonyl (C=O) groups excluding carboxylic acids is 1. The Labute approximate surface area is 123 Å². The predicted octanol–water partition coefficient (Wildman–Crippen LogP) is 2.38. The molecule has 0 saturated carbocycles. The van der Waals surface area contributed by atoms with Crippen molar-refractivity contribution in [3.05, 3.63) is 59.7 Å². The zero-order valence-electron chi connectivity index (χ0n) is 11.3. The lowest BCUT2D eigenvalue weighted by molar-refractivity contribution is 0.102. The fraction of sp³-hybridized carbons (Fsp3) is 0.118. The molecule has 0 unspecified atom stereocenters. The number of carbonyl (C=O) groups is 1. The van der Waals surface area contributed by atoms with E-state index in [1.54, 1.807) is 36.4 Å². The summed E-state index contributed by atoms with van der Waals surface area (Å²) >= 11 is 0. The van der Waals surface area contributed by atoms with Gasteiger partial charge in [-0.2, -0.15) is 0 Å². The van der Waals surface area contributed by atoms with E-state index in [4.69, 9.17) is 5.11 Å². The molecule has 21 heavy (non-hydrogen) atoms. The van der Waals surface area contributed by atoms with Gasteiger partial charge in [0.05, 0.1) is 6.61 Å². The number of hydrogen-bond acceptors (Lipinski definition) is 3. The number of aliphatic hydroxyl groups excluding tert-OH is 1. The quantitative estimate of drug-likeness (QED) is 0.757. The van der Waals surface area contributed by atoms with Gasteiger partial charge in [0.15, 0.2) is 0 Å². The van der Waals surface area contributed by atoms with E-state index in [0.717, 1.165) is 5.56 Å². The molecule has 0 aliphatic heterocycles. The highest BCUT2D eigenvalue weighted by atomic mass is 16.3. The maximum Gasteiger partial charge on any atom is 0.255 e. The summed E-state index contributed by atoms with van der Waals surface area (Å²) in [6.07, 6.45) is 0.440. The first-order chi connectivity index (χ1) is 10.2. The van der Waals surface area contributed by atoms with Crippen molar-refractivity contribution in [3.63, 3.8) is 0 Å². The molecule has 0 radical (unpaired) electrons. The summed E-state index contributed by atoms with van der Waals surface area (Å²) in [7, 11) is 0. The normalized spacial score (nSPS) is 9.57. The highest BCUT2D eigenvalue weighted by Crippen LogP contribution is 2.14. The highest BCUT2D eigenvalue weighted by molar-refractivity contribution is 6.04. The second-order valence-electron chi connectivity index (χ2n) is 4.36. The van der Waals surface area contributed by atoms with Crippen molar-refractivity contribution in [2.45, 2.75) is 6.42 Å². The van der Waals surface area contributed by atoms with E-state index < -0.39 is 0 Å². The summed E-state index contributed by atoms with van der Waals surface area (Å²) in [5.74, 6) is 5.50. The fourth-order valence-electron chi connectivity index (χ4n) is 1.71. The van der Waals surface area contributed by atoms with Gasteiger partial charge in [-0.15, -0.1) is 0 Å². The molecule has 0 aliphatic carbocycles. The van der Waals surface area contributed by atoms with Crippen LogP contribution in [0, 0.1) is 11.8 Å². The third-order valence-corrected chi connectivity index (χ3v) is 2.72. The van der Waals surface area contributed by atoms with Crippen molar-refractivity contribution in [2.75, 3.05) is 11.9 Å². The molecule has 2 aromatic rings. The summed E-state index contributed by atoms with van der Waals surface area (Å²) in [5.41, 5.74) is 1.86. The molecule has 0 fully saturated rings. The minimum Gasteiger partial charge on any atom is -0.508 e. The van der Waals surface area contributed by atoms with Crippen LogP contribution >= 0.6 is 0 Å². The summed E-state index contributed by atoms with van der Waals surface area (Å²) in [4.78, 5) is 12.0. The van der Waals surface area contributed by atoms with Crippen LogP contribution in [-0.4, -0.2) is 22.7 Å². The standard InChI is InChI=1S/C17H15NO3/c19-11-2-1-4-13-7-9-15(10-8-13)18-17(21)14-5-3-6-16(20)12-14/h3,5-10,12,19-20H,2,11H2,(H,18,21). The second kappa shape index (κ2) is 7.13. The molecule has 2 aromatic carbocycles. The van der Waals surface area contributed by atoms with Gasteiger partial charge in [-0.1, -0.05) is 17.9 Å². The number of phenolic OH excluding ortho intramolecular Hbond substituents is 1. The summed E-state index contributed by atoms with van der Waals surface area (Å²) in [6.45, 7) is 0.0467. The number of benzene rings is 2. The van der Waals surface area contributed by atoms with Crippen molar-refractivity contribution in [3.8, 4) is 17.6 Å². The molecule has 0 bridgehead atoms. The molecular weight excluding hydrogens is 266 g/mol. The lowest BCUT2D eigenvalue weighted by atomic mass is 10.1. The zero-order chi connectivity index (χ0) is 15.1. The Morgan fingerprint density at radius 3 is 2.57 bits per heavy atom. The Morgan fingerprint density at radius 1 is 1.14 bits per heavy atom. The molecule has 1 amide bonds. The number of amides is 1. The molecule has 0 saturated heterocycles. The van der Waals surface area contributed by atoms with Gasteiger partial charge in [0, 0.05) is 23.2 Å². The molecule has 4 nitrogen and oxygen atoms in total. The summed E-state index contributed by atoms with van der Waals surface area (Å²) in [5, 5.41) is 20.7. The van der Waals surface area contributed by atoms with Crippen molar-refractivity contribution >= 4 is 11.6 Å². The molecular formula is C17H15NO3. The van der Waals surface area contributed by atoms with Gasteiger partial charge in [0.2, 0.25) is 0 Å². The number of nitrogens with one attached hydrogen (secondary N) is 1. The van der Waals surface area contributed by atoms with Crippen molar-refractivity contribution in [2.24, 2.45) is 0 Å². The monoisotopic (exact) mass is 281 g/mol. The Balaban J connectivity index is 2.04. The van der Waals surface area contributed by atoms with Gasteiger partial charge < -0.3 is 15.5 Å². The lowest BCUT2D eigenvalue weighted by Crippen LogP contribution is -2.11. The van der Waals surface area contributed by atoms with Gasteiger partial charge in [-0.05, 0) is 42.5 Å². The number of aromatic hydroxyl groups is 1. The van der Waals surface area contributed by atoms with E-state index >= 15 is 0 Å². The number of hydrogen-bond donors (Lipinski definition) is 3. The predicted molar refractivity (Wildman–Crippen MR) is 81.1 cm³/mol. The van der Waals surface area contributed by atoms with Gasteiger partial charge >= 0.3 is 0 Å². The zero-order valence-corrected chi connectivity index (χ0v) is 11.3. The third kappa shape index (κ3) is 4.37. The van der Waals surface area contributed by atoms with Crippen LogP contribution in [0.4, 0.5) is 5.69 Å². The fourth-order valence-corrected chi connectivity index (χ4v) is 1.71. The van der Waals surface area contributed by atoms with Gasteiger partial charge in [-0.3, -0.25) is 4.79 Å². The molecule has 0 atom stereocenters. The number of rotatable bonds is 3. The molecule has 2 rings (SSSR count). The van der Waals surface area contributed by atoms with Crippen LogP contribution in [0.15, 0.2) is 48.5 Å². The van der Waals surface area contributed by atoms with E-state index in [1.807, 2.05) is 0 Å². The lowest BCUT2D eigenvalue weighted by Gasteiger charge is -2.05. The van der Waals surface area contributed by atoms with E-state index in [-0.39, 0.29) is 18.3 Å². The molecule has 0 aromatic heterocycles. The first-order valence-corrected chi connectivity index (χ1v) is 6.49. The summed E-state index contributed by atoms with van der Waals surface area (Å²) < 4.78 is 0. The SMILES string of the molecule is O=C(Nc1ccc(C#CCCO)cc1)c1cccc(O)c1. The van der Waals surface area contributed by atoms with Crippen LogP contribution < -0.4 is 5.32 Å². The third-order valence-electron chi connectivity index (χ3n) is 2.72. The number of aliphatic hydroxyl groups is 1. The Hall–Kier alpha value is -2.77. The first-order valence-electron chi connectivity index (χ1n) is 6.49. The van der Waals surface area contributed by atoms with Crippen LogP contribution in [0.3, 0.4) is 0 Å². The Kier molecular flexibility index (Phi) is 4.97. The smallest absolute Gasteiger partial charge is 0.255 e. The maximum atomic E-state index is 12.0. The molecule has 4 heteroatoms. The summed E-state index contributed by atoms with van der Waals surface area (Å²) in [6, 6.07) is 13.3. The minimum atomic E-state index is -0.287. The topological polar surface area (TPSA) is 69.6 Å². The van der Waals surface area contributed by atoms with Gasteiger partial charge in [0.25, 0.3) is 5.91 Å². The molecule has 0 heterocycles. The van der Waals surface area contributed by atoms with E-state index in [0.29, 0.717) is 17.7 Å². The minimum absolute atomic E-state index is 0.0467. The Bertz CT molecular complexity index is 681.